The van der Waals surface area contributed by atoms with Gasteiger partial charge in [0.25, 0.3) is 5.56 Å². The van der Waals surface area contributed by atoms with E-state index in [1.54, 1.807) is 0 Å². The van der Waals surface area contributed by atoms with E-state index < -0.39 is 11.2 Å². The molecule has 0 radical (unpaired) electrons. The summed E-state index contributed by atoms with van der Waals surface area (Å²) in [5.41, 5.74) is 3.13. The Morgan fingerprint density at radius 2 is 1.59 bits per heavy atom. The van der Waals surface area contributed by atoms with E-state index >= 15 is 0 Å². The van der Waals surface area contributed by atoms with Crippen LogP contribution in [-0.2, 0) is 26.6 Å². The Kier molecular flexibility index (Phi) is 8.50. The Morgan fingerprint density at radius 1 is 0.892 bits per heavy atom. The van der Waals surface area contributed by atoms with Gasteiger partial charge in [0.1, 0.15) is 18.1 Å². The molecular formula is C29H34N4O4. The van der Waals surface area contributed by atoms with Crippen LogP contribution in [0.3, 0.4) is 0 Å². The van der Waals surface area contributed by atoms with Gasteiger partial charge in [-0.1, -0.05) is 62.7 Å². The molecule has 0 aliphatic rings. The molecule has 0 aliphatic carbocycles. The van der Waals surface area contributed by atoms with Crippen molar-refractivity contribution in [3.05, 3.63) is 86.8 Å². The molecule has 1 N–H and O–H groups in total. The number of hydrogen-bond acceptors (Lipinski definition) is 6. The number of ether oxygens (including phenoxy) is 1. The number of unbranched alkanes of at least 4 members (excludes halogenated alkanes) is 2. The van der Waals surface area contributed by atoms with Crippen LogP contribution in [0.2, 0.25) is 0 Å². The maximum Gasteiger partial charge on any atom is 0.332 e. The second kappa shape index (κ2) is 12.0. The van der Waals surface area contributed by atoms with Crippen molar-refractivity contribution in [2.24, 2.45) is 13.0 Å². The first-order chi connectivity index (χ1) is 17.9. The molecule has 0 aliphatic heterocycles. The molecular weight excluding hydrogens is 468 g/mol. The maximum atomic E-state index is 12.9. The number of nitrogens with zero attached hydrogens (tertiary/aromatic N) is 4. The van der Waals surface area contributed by atoms with E-state index in [0.717, 1.165) is 28.5 Å². The molecule has 0 bridgehead atoms. The van der Waals surface area contributed by atoms with Crippen LogP contribution in [0.5, 0.6) is 5.75 Å². The second-order valence-electron chi connectivity index (χ2n) is 9.65. The van der Waals surface area contributed by atoms with E-state index in [-0.39, 0.29) is 24.6 Å². The number of aromatic nitrogens is 4. The van der Waals surface area contributed by atoms with Crippen molar-refractivity contribution < 1.29 is 9.84 Å². The number of aliphatic hydroxyl groups excluding tert-OH is 1. The summed E-state index contributed by atoms with van der Waals surface area (Å²) >= 11 is 0. The Balaban J connectivity index is 1.68. The SMILES string of the molecule is CC(C)Cn1c(=O)n(C)c(=O)c2nc(CCCCCO)c(COc3ccc(-c4ccccc4)cc3)nc21. The van der Waals surface area contributed by atoms with Gasteiger partial charge in [0, 0.05) is 20.2 Å². The smallest absolute Gasteiger partial charge is 0.332 e. The van der Waals surface area contributed by atoms with Crippen LogP contribution in [0, 0.1) is 5.92 Å². The molecule has 0 saturated heterocycles. The molecule has 37 heavy (non-hydrogen) atoms. The highest BCUT2D eigenvalue weighted by molar-refractivity contribution is 5.69. The van der Waals surface area contributed by atoms with Gasteiger partial charge in [-0.15, -0.1) is 0 Å². The maximum absolute atomic E-state index is 12.9. The zero-order valence-electron chi connectivity index (χ0n) is 21.7. The van der Waals surface area contributed by atoms with E-state index in [2.05, 4.69) is 12.1 Å². The molecule has 0 fully saturated rings. The van der Waals surface area contributed by atoms with Crippen molar-refractivity contribution in [3.8, 4) is 16.9 Å². The minimum absolute atomic E-state index is 0.139. The van der Waals surface area contributed by atoms with Crippen molar-refractivity contribution in [3.63, 3.8) is 0 Å². The summed E-state index contributed by atoms with van der Waals surface area (Å²) in [5, 5.41) is 9.13. The van der Waals surface area contributed by atoms with Crippen LogP contribution >= 0.6 is 0 Å². The molecule has 4 rings (SSSR count). The molecule has 2 heterocycles. The molecule has 0 spiro atoms. The van der Waals surface area contributed by atoms with Crippen molar-refractivity contribution in [2.45, 2.75) is 52.7 Å². The minimum Gasteiger partial charge on any atom is -0.487 e. The third-order valence-corrected chi connectivity index (χ3v) is 6.27. The third-order valence-electron chi connectivity index (χ3n) is 6.27. The second-order valence-corrected chi connectivity index (χ2v) is 9.65. The van der Waals surface area contributed by atoms with Gasteiger partial charge in [-0.2, -0.15) is 0 Å². The Hall–Kier alpha value is -3.78. The summed E-state index contributed by atoms with van der Waals surface area (Å²) in [6.45, 7) is 4.74. The summed E-state index contributed by atoms with van der Waals surface area (Å²) in [5.74, 6) is 0.873. The average Bonchev–Trinajstić information content (AvgIpc) is 2.92. The molecule has 4 aromatic rings. The first-order valence-electron chi connectivity index (χ1n) is 12.8. The number of aryl methyl sites for hydroxylation is 1. The third kappa shape index (κ3) is 6.14. The Morgan fingerprint density at radius 3 is 2.27 bits per heavy atom. The zero-order chi connectivity index (χ0) is 26.4. The first kappa shape index (κ1) is 26.3. The molecule has 8 nitrogen and oxygen atoms in total. The lowest BCUT2D eigenvalue weighted by Crippen LogP contribution is -2.40. The largest absolute Gasteiger partial charge is 0.487 e. The minimum atomic E-state index is -0.451. The van der Waals surface area contributed by atoms with Gasteiger partial charge >= 0.3 is 5.69 Å². The standard InChI is InChI=1S/C29H34N4O4/c1-20(2)18-33-27-26(28(35)32(3)29(33)36)30-24(12-8-5-9-17-34)25(31-27)19-37-23-15-13-22(14-16-23)21-10-6-4-7-11-21/h4,6-7,10-11,13-16,20,34H,5,8-9,12,17-19H2,1-3H3. The van der Waals surface area contributed by atoms with Crippen LogP contribution < -0.4 is 16.0 Å². The monoisotopic (exact) mass is 502 g/mol. The number of benzene rings is 2. The number of fused-ring (bicyclic) bond motifs is 1. The van der Waals surface area contributed by atoms with E-state index in [1.807, 2.05) is 56.3 Å². The Labute approximate surface area is 216 Å². The van der Waals surface area contributed by atoms with Crippen molar-refractivity contribution in [1.82, 2.24) is 19.1 Å². The predicted octanol–water partition coefficient (Wildman–Crippen LogP) is 4.10. The van der Waals surface area contributed by atoms with E-state index in [4.69, 9.17) is 19.8 Å². The number of rotatable bonds is 11. The van der Waals surface area contributed by atoms with Crippen LogP contribution in [0.1, 0.15) is 44.5 Å². The lowest BCUT2D eigenvalue weighted by Gasteiger charge is -2.16. The highest BCUT2D eigenvalue weighted by atomic mass is 16.5. The normalized spacial score (nSPS) is 11.4. The average molecular weight is 503 g/mol. The van der Waals surface area contributed by atoms with Crippen LogP contribution in [0.15, 0.2) is 64.2 Å². The topological polar surface area (TPSA) is 99.2 Å². The van der Waals surface area contributed by atoms with Gasteiger partial charge in [0.05, 0.1) is 5.69 Å². The molecule has 2 aromatic heterocycles. The summed E-state index contributed by atoms with van der Waals surface area (Å²) in [4.78, 5) is 35.3. The highest BCUT2D eigenvalue weighted by Crippen LogP contribution is 2.23. The summed E-state index contributed by atoms with van der Waals surface area (Å²) in [6.07, 6.45) is 2.94. The highest BCUT2D eigenvalue weighted by Gasteiger charge is 2.18. The van der Waals surface area contributed by atoms with Gasteiger partial charge in [0.2, 0.25) is 0 Å². The van der Waals surface area contributed by atoms with Crippen molar-refractivity contribution >= 4 is 11.2 Å². The van der Waals surface area contributed by atoms with Crippen LogP contribution in [-0.4, -0.2) is 30.8 Å². The lowest BCUT2D eigenvalue weighted by molar-refractivity contribution is 0.282. The molecule has 0 amide bonds. The summed E-state index contributed by atoms with van der Waals surface area (Å²) < 4.78 is 8.72. The van der Waals surface area contributed by atoms with E-state index in [0.29, 0.717) is 42.2 Å². The predicted molar refractivity (Wildman–Crippen MR) is 145 cm³/mol. The molecule has 2 aromatic carbocycles. The fraction of sp³-hybridized carbons (Fsp3) is 0.379. The van der Waals surface area contributed by atoms with Crippen LogP contribution in [0.4, 0.5) is 0 Å². The zero-order valence-corrected chi connectivity index (χ0v) is 21.7. The summed E-state index contributed by atoms with van der Waals surface area (Å²) in [7, 11) is 1.47. The number of aliphatic hydroxyl groups is 1. The molecule has 0 saturated carbocycles. The molecule has 8 heteroatoms. The lowest BCUT2D eigenvalue weighted by atomic mass is 10.1. The Bertz CT molecular complexity index is 1460. The van der Waals surface area contributed by atoms with E-state index in [9.17, 15) is 9.59 Å². The van der Waals surface area contributed by atoms with E-state index in [1.165, 1.54) is 11.6 Å². The molecule has 0 atom stereocenters. The van der Waals surface area contributed by atoms with Gasteiger partial charge in [-0.25, -0.2) is 14.8 Å². The molecule has 0 unspecified atom stereocenters. The first-order valence-corrected chi connectivity index (χ1v) is 12.8. The van der Waals surface area contributed by atoms with Gasteiger partial charge in [0.15, 0.2) is 11.2 Å². The van der Waals surface area contributed by atoms with Crippen LogP contribution in [0.25, 0.3) is 22.3 Å². The quantitative estimate of drug-likeness (QED) is 0.310. The fourth-order valence-electron chi connectivity index (χ4n) is 4.30. The molecule has 194 valence electrons. The van der Waals surface area contributed by atoms with Crippen molar-refractivity contribution in [2.75, 3.05) is 6.61 Å². The van der Waals surface area contributed by atoms with Gasteiger partial charge < -0.3 is 9.84 Å². The summed E-state index contributed by atoms with van der Waals surface area (Å²) in [6, 6.07) is 18.0. The number of hydrogen-bond donors (Lipinski definition) is 1. The fourth-order valence-corrected chi connectivity index (χ4v) is 4.30. The van der Waals surface area contributed by atoms with Gasteiger partial charge in [-0.05, 0) is 48.4 Å². The van der Waals surface area contributed by atoms with Gasteiger partial charge in [-0.3, -0.25) is 13.9 Å². The van der Waals surface area contributed by atoms with Crippen molar-refractivity contribution in [1.29, 1.82) is 0 Å².